The molecule has 2 nitrogen and oxygen atoms in total. The van der Waals surface area contributed by atoms with Crippen LogP contribution in [0.1, 0.15) is 36.3 Å². The van der Waals surface area contributed by atoms with Crippen molar-refractivity contribution in [2.75, 3.05) is 6.54 Å². The molecule has 3 heteroatoms. The maximum absolute atomic E-state index is 5.66. The van der Waals surface area contributed by atoms with Crippen molar-refractivity contribution in [1.82, 2.24) is 5.32 Å². The molecule has 1 N–H and O–H groups in total. The molecule has 102 valence electrons. The number of aryl methyl sites for hydroxylation is 1. The van der Waals surface area contributed by atoms with Crippen LogP contribution in [0.3, 0.4) is 0 Å². The van der Waals surface area contributed by atoms with Gasteiger partial charge in [0.1, 0.15) is 5.76 Å². The molecule has 0 aliphatic rings. The van der Waals surface area contributed by atoms with Crippen LogP contribution in [-0.4, -0.2) is 6.54 Å². The Balaban J connectivity index is 2.19. The average molecular weight is 322 g/mol. The van der Waals surface area contributed by atoms with Gasteiger partial charge in [-0.05, 0) is 49.6 Å². The second kappa shape index (κ2) is 6.92. The molecule has 19 heavy (non-hydrogen) atoms. The molecule has 0 amide bonds. The predicted octanol–water partition coefficient (Wildman–Crippen LogP) is 4.63. The third kappa shape index (κ3) is 3.71. The van der Waals surface area contributed by atoms with Crippen molar-refractivity contribution in [1.29, 1.82) is 0 Å². The molecule has 0 bridgehead atoms. The van der Waals surface area contributed by atoms with E-state index >= 15 is 0 Å². The smallest absolute Gasteiger partial charge is 0.123 e. The van der Waals surface area contributed by atoms with E-state index in [1.54, 1.807) is 6.26 Å². The van der Waals surface area contributed by atoms with Crippen molar-refractivity contribution in [3.05, 3.63) is 58.0 Å². The molecule has 2 rings (SSSR count). The fourth-order valence-electron chi connectivity index (χ4n) is 2.20. The number of hydrogen-bond acceptors (Lipinski definition) is 2. The Morgan fingerprint density at radius 2 is 2.05 bits per heavy atom. The first-order valence-electron chi connectivity index (χ1n) is 6.73. The summed E-state index contributed by atoms with van der Waals surface area (Å²) >= 11 is 3.62. The maximum atomic E-state index is 5.66. The summed E-state index contributed by atoms with van der Waals surface area (Å²) < 4.78 is 6.81. The minimum absolute atomic E-state index is 0.230. The molecule has 0 aliphatic carbocycles. The van der Waals surface area contributed by atoms with Crippen molar-refractivity contribution in [3.8, 4) is 0 Å². The van der Waals surface area contributed by atoms with Crippen LogP contribution in [0, 0.1) is 6.92 Å². The number of hydrogen-bond donors (Lipinski definition) is 1. The fourth-order valence-corrected chi connectivity index (χ4v) is 2.65. The molecule has 1 heterocycles. The van der Waals surface area contributed by atoms with Gasteiger partial charge >= 0.3 is 0 Å². The van der Waals surface area contributed by atoms with Gasteiger partial charge in [-0.2, -0.15) is 0 Å². The lowest BCUT2D eigenvalue weighted by Crippen LogP contribution is -2.24. The van der Waals surface area contributed by atoms with Crippen LogP contribution in [0.25, 0.3) is 0 Å². The van der Waals surface area contributed by atoms with Crippen LogP contribution in [0.2, 0.25) is 0 Å². The Kier molecular flexibility index (Phi) is 5.23. The fraction of sp³-hybridized carbons (Fsp3) is 0.375. The minimum atomic E-state index is 0.230. The average Bonchev–Trinajstić information content (AvgIpc) is 2.83. The van der Waals surface area contributed by atoms with Gasteiger partial charge < -0.3 is 9.73 Å². The second-order valence-electron chi connectivity index (χ2n) is 4.77. The van der Waals surface area contributed by atoms with E-state index in [2.05, 4.69) is 53.3 Å². The summed E-state index contributed by atoms with van der Waals surface area (Å²) in [7, 11) is 0. The lowest BCUT2D eigenvalue weighted by molar-refractivity contribution is 0.407. The van der Waals surface area contributed by atoms with E-state index in [9.17, 15) is 0 Å². The van der Waals surface area contributed by atoms with Gasteiger partial charge in [0.05, 0.1) is 12.3 Å². The summed E-state index contributed by atoms with van der Waals surface area (Å²) in [6.45, 7) is 5.27. The molecular weight excluding hydrogens is 302 g/mol. The first kappa shape index (κ1) is 14.4. The minimum Gasteiger partial charge on any atom is -0.467 e. The molecule has 1 aromatic heterocycles. The van der Waals surface area contributed by atoms with Gasteiger partial charge in [0.25, 0.3) is 0 Å². The molecule has 0 fully saturated rings. The Labute approximate surface area is 123 Å². The van der Waals surface area contributed by atoms with E-state index in [4.69, 9.17) is 4.42 Å². The SMILES string of the molecule is CCCNC(Cc1ccccc1Br)c1occc1C. The Bertz CT molecular complexity index is 521. The highest BCUT2D eigenvalue weighted by Crippen LogP contribution is 2.26. The van der Waals surface area contributed by atoms with E-state index in [1.807, 2.05) is 12.1 Å². The largest absolute Gasteiger partial charge is 0.467 e. The molecule has 0 aliphatic heterocycles. The molecule has 0 saturated carbocycles. The monoisotopic (exact) mass is 321 g/mol. The van der Waals surface area contributed by atoms with Crippen LogP contribution in [0.4, 0.5) is 0 Å². The highest BCUT2D eigenvalue weighted by molar-refractivity contribution is 9.10. The highest BCUT2D eigenvalue weighted by Gasteiger charge is 2.17. The van der Waals surface area contributed by atoms with E-state index < -0.39 is 0 Å². The van der Waals surface area contributed by atoms with Gasteiger partial charge in [-0.15, -0.1) is 0 Å². The topological polar surface area (TPSA) is 25.2 Å². The van der Waals surface area contributed by atoms with E-state index in [0.29, 0.717) is 0 Å². The van der Waals surface area contributed by atoms with Crippen molar-refractivity contribution in [3.63, 3.8) is 0 Å². The van der Waals surface area contributed by atoms with Crippen molar-refractivity contribution < 1.29 is 4.42 Å². The molecular formula is C16H20BrNO. The molecule has 1 atom stereocenters. The second-order valence-corrected chi connectivity index (χ2v) is 5.62. The van der Waals surface area contributed by atoms with E-state index in [0.717, 1.165) is 29.6 Å². The number of halogens is 1. The number of rotatable bonds is 6. The third-order valence-electron chi connectivity index (χ3n) is 3.24. The van der Waals surface area contributed by atoms with Crippen LogP contribution >= 0.6 is 15.9 Å². The zero-order valence-electron chi connectivity index (χ0n) is 11.4. The van der Waals surface area contributed by atoms with Gasteiger partial charge in [-0.3, -0.25) is 0 Å². The quantitative estimate of drug-likeness (QED) is 0.838. The van der Waals surface area contributed by atoms with Gasteiger partial charge in [-0.1, -0.05) is 41.1 Å². The Hall–Kier alpha value is -1.06. The molecule has 0 saturated heterocycles. The Morgan fingerprint density at radius 3 is 2.68 bits per heavy atom. The molecule has 0 spiro atoms. The predicted molar refractivity (Wildman–Crippen MR) is 82.3 cm³/mol. The summed E-state index contributed by atoms with van der Waals surface area (Å²) in [5, 5.41) is 3.57. The van der Waals surface area contributed by atoms with Crippen molar-refractivity contribution >= 4 is 15.9 Å². The zero-order valence-corrected chi connectivity index (χ0v) is 13.0. The van der Waals surface area contributed by atoms with Crippen molar-refractivity contribution in [2.24, 2.45) is 0 Å². The summed E-state index contributed by atoms with van der Waals surface area (Å²) in [5.74, 6) is 1.05. The van der Waals surface area contributed by atoms with E-state index in [1.165, 1.54) is 11.1 Å². The van der Waals surface area contributed by atoms with Crippen LogP contribution in [-0.2, 0) is 6.42 Å². The zero-order chi connectivity index (χ0) is 13.7. The van der Waals surface area contributed by atoms with Crippen LogP contribution < -0.4 is 5.32 Å². The molecule has 0 radical (unpaired) electrons. The summed E-state index contributed by atoms with van der Waals surface area (Å²) in [6.07, 6.45) is 3.81. The Morgan fingerprint density at radius 1 is 1.26 bits per heavy atom. The molecule has 1 unspecified atom stereocenters. The molecule has 2 aromatic rings. The number of furan rings is 1. The third-order valence-corrected chi connectivity index (χ3v) is 4.01. The standard InChI is InChI=1S/C16H20BrNO/c1-3-9-18-15(16-12(2)8-10-19-16)11-13-6-4-5-7-14(13)17/h4-8,10,15,18H,3,9,11H2,1-2H3. The normalized spacial score (nSPS) is 12.6. The van der Waals surface area contributed by atoms with Crippen molar-refractivity contribution in [2.45, 2.75) is 32.7 Å². The lowest BCUT2D eigenvalue weighted by atomic mass is 10.0. The van der Waals surface area contributed by atoms with Crippen LogP contribution in [0.5, 0.6) is 0 Å². The van der Waals surface area contributed by atoms with Gasteiger partial charge in [0.15, 0.2) is 0 Å². The van der Waals surface area contributed by atoms with E-state index in [-0.39, 0.29) is 6.04 Å². The lowest BCUT2D eigenvalue weighted by Gasteiger charge is -2.18. The maximum Gasteiger partial charge on any atom is 0.123 e. The number of benzene rings is 1. The highest BCUT2D eigenvalue weighted by atomic mass is 79.9. The van der Waals surface area contributed by atoms with Gasteiger partial charge in [-0.25, -0.2) is 0 Å². The number of nitrogens with one attached hydrogen (secondary N) is 1. The first-order chi connectivity index (χ1) is 9.22. The summed E-state index contributed by atoms with van der Waals surface area (Å²) in [6, 6.07) is 10.6. The summed E-state index contributed by atoms with van der Waals surface area (Å²) in [4.78, 5) is 0. The van der Waals surface area contributed by atoms with Gasteiger partial charge in [0.2, 0.25) is 0 Å². The van der Waals surface area contributed by atoms with Crippen LogP contribution in [0.15, 0.2) is 45.5 Å². The summed E-state index contributed by atoms with van der Waals surface area (Å²) in [5.41, 5.74) is 2.51. The molecule has 1 aromatic carbocycles. The first-order valence-corrected chi connectivity index (χ1v) is 7.52. The van der Waals surface area contributed by atoms with Gasteiger partial charge in [0, 0.05) is 4.47 Å².